The summed E-state index contributed by atoms with van der Waals surface area (Å²) in [5.41, 5.74) is 0. The van der Waals surface area contributed by atoms with Gasteiger partial charge in [-0.05, 0) is 38.8 Å². The molecular weight excluding hydrogens is 238 g/mol. The Labute approximate surface area is 118 Å². The predicted octanol–water partition coefficient (Wildman–Crippen LogP) is 1.03. The van der Waals surface area contributed by atoms with Crippen LogP contribution in [-0.2, 0) is 4.74 Å². The van der Waals surface area contributed by atoms with Crippen LogP contribution >= 0.6 is 0 Å². The molecule has 19 heavy (non-hydrogen) atoms. The van der Waals surface area contributed by atoms with Gasteiger partial charge in [-0.3, -0.25) is 4.90 Å². The van der Waals surface area contributed by atoms with E-state index in [4.69, 9.17) is 4.74 Å². The molecule has 2 saturated heterocycles. The van der Waals surface area contributed by atoms with Crippen LogP contribution in [0, 0.1) is 5.92 Å². The molecule has 0 aromatic carbocycles. The van der Waals surface area contributed by atoms with Crippen LogP contribution in [0.5, 0.6) is 0 Å². The van der Waals surface area contributed by atoms with Crippen LogP contribution in [0.15, 0.2) is 0 Å². The van der Waals surface area contributed by atoms with Crippen molar-refractivity contribution >= 4 is 0 Å². The van der Waals surface area contributed by atoms with Gasteiger partial charge < -0.3 is 15.0 Å². The zero-order valence-electron chi connectivity index (χ0n) is 12.7. The van der Waals surface area contributed by atoms with Crippen molar-refractivity contribution in [2.75, 3.05) is 59.0 Å². The van der Waals surface area contributed by atoms with Crippen LogP contribution in [0.3, 0.4) is 0 Å². The van der Waals surface area contributed by atoms with Crippen molar-refractivity contribution in [3.05, 3.63) is 0 Å². The average molecular weight is 269 g/mol. The third-order valence-corrected chi connectivity index (χ3v) is 4.69. The first-order chi connectivity index (χ1) is 9.29. The summed E-state index contributed by atoms with van der Waals surface area (Å²) in [5.74, 6) is 0.832. The summed E-state index contributed by atoms with van der Waals surface area (Å²) in [6.45, 7) is 14.7. The van der Waals surface area contributed by atoms with Crippen molar-refractivity contribution in [2.45, 2.75) is 32.7 Å². The van der Waals surface area contributed by atoms with Crippen LogP contribution in [0.1, 0.15) is 26.7 Å². The Bertz CT molecular complexity index is 244. The monoisotopic (exact) mass is 269 g/mol. The lowest BCUT2D eigenvalue weighted by atomic mass is 9.91. The van der Waals surface area contributed by atoms with E-state index in [1.165, 1.54) is 32.5 Å². The van der Waals surface area contributed by atoms with Crippen molar-refractivity contribution in [1.29, 1.82) is 0 Å². The van der Waals surface area contributed by atoms with Gasteiger partial charge in [0.15, 0.2) is 0 Å². The molecule has 2 atom stereocenters. The molecule has 0 aliphatic carbocycles. The molecule has 0 aromatic heterocycles. The summed E-state index contributed by atoms with van der Waals surface area (Å²) in [7, 11) is 0. The van der Waals surface area contributed by atoms with Gasteiger partial charge >= 0.3 is 0 Å². The molecule has 2 heterocycles. The number of morpholine rings is 1. The third-order valence-electron chi connectivity index (χ3n) is 4.69. The second-order valence-electron chi connectivity index (χ2n) is 5.99. The van der Waals surface area contributed by atoms with Gasteiger partial charge in [-0.15, -0.1) is 0 Å². The highest BCUT2D eigenvalue weighted by molar-refractivity contribution is 4.80. The first-order valence-electron chi connectivity index (χ1n) is 8.05. The first kappa shape index (κ1) is 15.2. The van der Waals surface area contributed by atoms with Gasteiger partial charge in [-0.1, -0.05) is 6.92 Å². The van der Waals surface area contributed by atoms with Gasteiger partial charge in [0.05, 0.1) is 13.2 Å². The van der Waals surface area contributed by atoms with E-state index in [0.29, 0.717) is 6.04 Å². The topological polar surface area (TPSA) is 27.7 Å². The molecule has 0 aromatic rings. The summed E-state index contributed by atoms with van der Waals surface area (Å²) in [6, 6.07) is 0.649. The fraction of sp³-hybridized carbons (Fsp3) is 1.00. The van der Waals surface area contributed by atoms with E-state index in [0.717, 1.165) is 45.3 Å². The molecule has 2 fully saturated rings. The molecule has 2 rings (SSSR count). The van der Waals surface area contributed by atoms with E-state index in [1.807, 2.05) is 0 Å². The van der Waals surface area contributed by atoms with E-state index in [9.17, 15) is 0 Å². The predicted molar refractivity (Wildman–Crippen MR) is 79.6 cm³/mol. The molecule has 0 amide bonds. The molecule has 0 bridgehead atoms. The second kappa shape index (κ2) is 8.20. The molecule has 0 saturated carbocycles. The van der Waals surface area contributed by atoms with Gasteiger partial charge in [0.2, 0.25) is 0 Å². The lowest BCUT2D eigenvalue weighted by Crippen LogP contribution is -2.47. The minimum Gasteiger partial charge on any atom is -0.379 e. The zero-order chi connectivity index (χ0) is 13.5. The number of likely N-dealkylation sites (tertiary alicyclic amines) is 1. The highest BCUT2D eigenvalue weighted by Gasteiger charge is 2.23. The van der Waals surface area contributed by atoms with Crippen LogP contribution in [0.4, 0.5) is 0 Å². The largest absolute Gasteiger partial charge is 0.379 e. The first-order valence-corrected chi connectivity index (χ1v) is 8.05. The number of hydrogen-bond acceptors (Lipinski definition) is 4. The molecule has 112 valence electrons. The number of nitrogens with one attached hydrogen (secondary N) is 1. The lowest BCUT2D eigenvalue weighted by Gasteiger charge is -2.36. The maximum Gasteiger partial charge on any atom is 0.0594 e. The van der Waals surface area contributed by atoms with Crippen molar-refractivity contribution in [1.82, 2.24) is 15.1 Å². The normalized spacial score (nSPS) is 28.4. The third kappa shape index (κ3) is 5.03. The Balaban J connectivity index is 1.61. The number of hydrogen-bond donors (Lipinski definition) is 1. The van der Waals surface area contributed by atoms with E-state index in [2.05, 4.69) is 29.0 Å². The van der Waals surface area contributed by atoms with Crippen molar-refractivity contribution < 1.29 is 4.74 Å². The Morgan fingerprint density at radius 1 is 1.21 bits per heavy atom. The summed E-state index contributed by atoms with van der Waals surface area (Å²) in [6.07, 6.45) is 2.76. The van der Waals surface area contributed by atoms with Gasteiger partial charge in [0.1, 0.15) is 0 Å². The SMILES string of the molecule is CCN1CCCC(C(C)NCCN2CCOCC2)C1. The smallest absolute Gasteiger partial charge is 0.0594 e. The van der Waals surface area contributed by atoms with Crippen LogP contribution in [-0.4, -0.2) is 74.9 Å². The quantitative estimate of drug-likeness (QED) is 0.779. The van der Waals surface area contributed by atoms with E-state index >= 15 is 0 Å². The highest BCUT2D eigenvalue weighted by atomic mass is 16.5. The number of piperidine rings is 1. The van der Waals surface area contributed by atoms with Crippen LogP contribution in [0.2, 0.25) is 0 Å². The number of rotatable bonds is 6. The van der Waals surface area contributed by atoms with E-state index < -0.39 is 0 Å². The van der Waals surface area contributed by atoms with Crippen molar-refractivity contribution in [2.24, 2.45) is 5.92 Å². The highest BCUT2D eigenvalue weighted by Crippen LogP contribution is 2.19. The van der Waals surface area contributed by atoms with Crippen LogP contribution in [0.25, 0.3) is 0 Å². The minimum absolute atomic E-state index is 0.649. The Morgan fingerprint density at radius 2 is 2.00 bits per heavy atom. The molecule has 4 heteroatoms. The molecule has 2 aliphatic rings. The fourth-order valence-electron chi connectivity index (χ4n) is 3.23. The summed E-state index contributed by atoms with van der Waals surface area (Å²) >= 11 is 0. The van der Waals surface area contributed by atoms with Gasteiger partial charge in [0.25, 0.3) is 0 Å². The maximum absolute atomic E-state index is 5.38. The molecule has 2 unspecified atom stereocenters. The summed E-state index contributed by atoms with van der Waals surface area (Å²) in [4.78, 5) is 5.09. The lowest BCUT2D eigenvalue weighted by molar-refractivity contribution is 0.0376. The number of nitrogens with zero attached hydrogens (tertiary/aromatic N) is 2. The molecule has 0 radical (unpaired) electrons. The molecule has 1 N–H and O–H groups in total. The Morgan fingerprint density at radius 3 is 2.74 bits per heavy atom. The van der Waals surface area contributed by atoms with Crippen molar-refractivity contribution in [3.8, 4) is 0 Å². The van der Waals surface area contributed by atoms with Gasteiger partial charge in [-0.2, -0.15) is 0 Å². The second-order valence-corrected chi connectivity index (χ2v) is 5.99. The summed E-state index contributed by atoms with van der Waals surface area (Å²) in [5, 5.41) is 3.74. The van der Waals surface area contributed by atoms with E-state index in [-0.39, 0.29) is 0 Å². The maximum atomic E-state index is 5.38. The number of ether oxygens (including phenoxy) is 1. The molecule has 2 aliphatic heterocycles. The fourth-order valence-corrected chi connectivity index (χ4v) is 3.23. The Hall–Kier alpha value is -0.160. The van der Waals surface area contributed by atoms with Crippen LogP contribution < -0.4 is 5.32 Å². The standard InChI is InChI=1S/C15H31N3O/c1-3-17-7-4-5-15(13-17)14(2)16-6-8-18-9-11-19-12-10-18/h14-16H,3-13H2,1-2H3. The molecular formula is C15H31N3O. The molecule has 4 nitrogen and oxygen atoms in total. The van der Waals surface area contributed by atoms with Crippen molar-refractivity contribution in [3.63, 3.8) is 0 Å². The Kier molecular flexibility index (Phi) is 6.57. The average Bonchev–Trinajstić information content (AvgIpc) is 2.48. The molecule has 0 spiro atoms. The van der Waals surface area contributed by atoms with E-state index in [1.54, 1.807) is 0 Å². The van der Waals surface area contributed by atoms with Gasteiger partial charge in [0, 0.05) is 38.8 Å². The zero-order valence-corrected chi connectivity index (χ0v) is 12.7. The summed E-state index contributed by atoms with van der Waals surface area (Å²) < 4.78 is 5.38. The van der Waals surface area contributed by atoms with Gasteiger partial charge in [-0.25, -0.2) is 0 Å². The minimum atomic E-state index is 0.649.